The van der Waals surface area contributed by atoms with E-state index >= 15 is 0 Å². The number of nitrogens with one attached hydrogen (secondary N) is 1. The Morgan fingerprint density at radius 3 is 2.72 bits per heavy atom. The van der Waals surface area contributed by atoms with Crippen molar-refractivity contribution in [1.29, 1.82) is 0 Å². The highest BCUT2D eigenvalue weighted by Gasteiger charge is 2.03. The molecule has 0 unspecified atom stereocenters. The molecular weight excluding hydrogens is 224 g/mol. The van der Waals surface area contributed by atoms with Gasteiger partial charge in [-0.25, -0.2) is 0 Å². The summed E-state index contributed by atoms with van der Waals surface area (Å²) in [5, 5.41) is 3.34. The van der Waals surface area contributed by atoms with Crippen LogP contribution < -0.4 is 15.8 Å². The molecule has 0 bridgehead atoms. The molecule has 0 aliphatic heterocycles. The van der Waals surface area contributed by atoms with Gasteiger partial charge >= 0.3 is 0 Å². The van der Waals surface area contributed by atoms with Crippen LogP contribution in [0.4, 0.5) is 11.4 Å². The first kappa shape index (κ1) is 12.3. The summed E-state index contributed by atoms with van der Waals surface area (Å²) in [6, 6.07) is 14.0. The lowest BCUT2D eigenvalue weighted by molar-refractivity contribution is 0.416. The van der Waals surface area contributed by atoms with Crippen LogP contribution >= 0.6 is 0 Å². The molecule has 0 aromatic heterocycles. The second-order valence-corrected chi connectivity index (χ2v) is 4.30. The third-order valence-electron chi connectivity index (χ3n) is 2.79. The van der Waals surface area contributed by atoms with E-state index < -0.39 is 0 Å². The van der Waals surface area contributed by atoms with Crippen LogP contribution in [-0.2, 0) is 6.54 Å². The van der Waals surface area contributed by atoms with Gasteiger partial charge in [0.2, 0.25) is 0 Å². The first-order valence-electron chi connectivity index (χ1n) is 5.92. The van der Waals surface area contributed by atoms with Gasteiger partial charge in [-0.3, -0.25) is 0 Å². The van der Waals surface area contributed by atoms with E-state index in [1.807, 2.05) is 18.2 Å². The Morgan fingerprint density at radius 1 is 1.17 bits per heavy atom. The number of aryl methyl sites for hydroxylation is 1. The topological polar surface area (TPSA) is 47.3 Å². The number of nitrogen functional groups attached to an aromatic ring is 1. The predicted octanol–water partition coefficient (Wildman–Crippen LogP) is 3.20. The molecule has 3 heteroatoms. The summed E-state index contributed by atoms with van der Waals surface area (Å²) in [5.74, 6) is 0.803. The molecule has 2 rings (SSSR count). The van der Waals surface area contributed by atoms with Gasteiger partial charge in [0.15, 0.2) is 0 Å². The fourth-order valence-electron chi connectivity index (χ4n) is 1.88. The van der Waals surface area contributed by atoms with Gasteiger partial charge in [0, 0.05) is 12.2 Å². The molecule has 0 saturated carbocycles. The second-order valence-electron chi connectivity index (χ2n) is 4.30. The molecule has 2 aromatic carbocycles. The molecule has 0 heterocycles. The number of benzene rings is 2. The van der Waals surface area contributed by atoms with Crippen molar-refractivity contribution in [1.82, 2.24) is 0 Å². The molecule has 0 atom stereocenters. The highest BCUT2D eigenvalue weighted by molar-refractivity contribution is 5.63. The Bertz CT molecular complexity index is 538. The molecule has 0 fully saturated rings. The highest BCUT2D eigenvalue weighted by Crippen LogP contribution is 2.26. The zero-order valence-electron chi connectivity index (χ0n) is 10.7. The average Bonchev–Trinajstić information content (AvgIpc) is 2.37. The van der Waals surface area contributed by atoms with Crippen molar-refractivity contribution in [2.75, 3.05) is 18.2 Å². The van der Waals surface area contributed by atoms with Crippen LogP contribution in [0.2, 0.25) is 0 Å². The number of methoxy groups -OCH3 is 1. The third-order valence-corrected chi connectivity index (χ3v) is 2.79. The van der Waals surface area contributed by atoms with Gasteiger partial charge in [0.05, 0.1) is 12.8 Å². The van der Waals surface area contributed by atoms with E-state index in [1.54, 1.807) is 7.11 Å². The minimum atomic E-state index is 0.725. The van der Waals surface area contributed by atoms with Crippen molar-refractivity contribution in [2.45, 2.75) is 13.5 Å². The molecule has 0 saturated heterocycles. The summed E-state index contributed by atoms with van der Waals surface area (Å²) < 4.78 is 5.29. The molecule has 0 radical (unpaired) electrons. The summed E-state index contributed by atoms with van der Waals surface area (Å²) in [6.45, 7) is 2.84. The zero-order valence-corrected chi connectivity index (χ0v) is 10.7. The number of hydrogen-bond acceptors (Lipinski definition) is 3. The smallest absolute Gasteiger partial charge is 0.142 e. The first-order chi connectivity index (χ1) is 8.69. The maximum absolute atomic E-state index is 5.78. The van der Waals surface area contributed by atoms with E-state index in [-0.39, 0.29) is 0 Å². The van der Waals surface area contributed by atoms with Crippen LogP contribution in [0.5, 0.6) is 5.75 Å². The fourth-order valence-corrected chi connectivity index (χ4v) is 1.88. The lowest BCUT2D eigenvalue weighted by atomic mass is 10.1. The van der Waals surface area contributed by atoms with Gasteiger partial charge in [-0.1, -0.05) is 29.8 Å². The van der Waals surface area contributed by atoms with Gasteiger partial charge in [-0.2, -0.15) is 0 Å². The van der Waals surface area contributed by atoms with Crippen molar-refractivity contribution in [3.8, 4) is 5.75 Å². The van der Waals surface area contributed by atoms with E-state index in [0.717, 1.165) is 23.7 Å². The highest BCUT2D eigenvalue weighted by atomic mass is 16.5. The molecule has 94 valence electrons. The van der Waals surface area contributed by atoms with E-state index in [4.69, 9.17) is 10.5 Å². The summed E-state index contributed by atoms with van der Waals surface area (Å²) in [7, 11) is 1.66. The van der Waals surface area contributed by atoms with Crippen molar-refractivity contribution in [3.05, 3.63) is 53.6 Å². The largest absolute Gasteiger partial charge is 0.495 e. The Morgan fingerprint density at radius 2 is 2.00 bits per heavy atom. The van der Waals surface area contributed by atoms with Crippen molar-refractivity contribution >= 4 is 11.4 Å². The summed E-state index contributed by atoms with van der Waals surface area (Å²) in [5.41, 5.74) is 9.91. The lowest BCUT2D eigenvalue weighted by Gasteiger charge is -2.12. The number of anilines is 2. The predicted molar refractivity (Wildman–Crippen MR) is 75.9 cm³/mol. The Labute approximate surface area is 108 Å². The minimum absolute atomic E-state index is 0.725. The molecule has 0 spiro atoms. The van der Waals surface area contributed by atoms with Crippen LogP contribution in [0, 0.1) is 6.92 Å². The summed E-state index contributed by atoms with van der Waals surface area (Å²) >= 11 is 0. The van der Waals surface area contributed by atoms with Crippen LogP contribution in [0.1, 0.15) is 11.1 Å². The molecule has 0 amide bonds. The number of rotatable bonds is 4. The quantitative estimate of drug-likeness (QED) is 0.809. The number of ether oxygens (including phenoxy) is 1. The van der Waals surface area contributed by atoms with Crippen LogP contribution in [0.15, 0.2) is 42.5 Å². The van der Waals surface area contributed by atoms with Gasteiger partial charge < -0.3 is 15.8 Å². The summed E-state index contributed by atoms with van der Waals surface area (Å²) in [6.07, 6.45) is 0. The Kier molecular flexibility index (Phi) is 3.72. The van der Waals surface area contributed by atoms with Crippen LogP contribution in [0.25, 0.3) is 0 Å². The zero-order chi connectivity index (χ0) is 13.0. The van der Waals surface area contributed by atoms with Crippen LogP contribution in [-0.4, -0.2) is 7.11 Å². The summed E-state index contributed by atoms with van der Waals surface area (Å²) in [4.78, 5) is 0. The standard InChI is InChI=1S/C15H18N2O/c1-11-4-3-5-12(8-11)10-17-14-9-13(16)6-7-15(14)18-2/h3-9,17H,10,16H2,1-2H3. The maximum atomic E-state index is 5.78. The van der Waals surface area contributed by atoms with Gasteiger partial charge in [-0.15, -0.1) is 0 Å². The minimum Gasteiger partial charge on any atom is -0.495 e. The molecule has 3 nitrogen and oxygen atoms in total. The molecule has 0 aliphatic carbocycles. The lowest BCUT2D eigenvalue weighted by Crippen LogP contribution is -2.02. The molecular formula is C15H18N2O. The SMILES string of the molecule is COc1ccc(N)cc1NCc1cccc(C)c1. The molecule has 18 heavy (non-hydrogen) atoms. The average molecular weight is 242 g/mol. The van der Waals surface area contributed by atoms with E-state index in [1.165, 1.54) is 11.1 Å². The Balaban J connectivity index is 2.12. The second kappa shape index (κ2) is 5.45. The number of hydrogen-bond donors (Lipinski definition) is 2. The van der Waals surface area contributed by atoms with Crippen LogP contribution in [0.3, 0.4) is 0 Å². The fraction of sp³-hybridized carbons (Fsp3) is 0.200. The molecule has 2 aromatic rings. The van der Waals surface area contributed by atoms with Crippen molar-refractivity contribution in [2.24, 2.45) is 0 Å². The van der Waals surface area contributed by atoms with E-state index in [0.29, 0.717) is 0 Å². The van der Waals surface area contributed by atoms with Gasteiger partial charge in [-0.05, 0) is 30.7 Å². The third kappa shape index (κ3) is 2.94. The Hall–Kier alpha value is -2.16. The van der Waals surface area contributed by atoms with E-state index in [9.17, 15) is 0 Å². The van der Waals surface area contributed by atoms with Gasteiger partial charge in [0.25, 0.3) is 0 Å². The van der Waals surface area contributed by atoms with Crippen molar-refractivity contribution < 1.29 is 4.74 Å². The van der Waals surface area contributed by atoms with Crippen molar-refractivity contribution in [3.63, 3.8) is 0 Å². The monoisotopic (exact) mass is 242 g/mol. The number of nitrogens with two attached hydrogens (primary N) is 1. The van der Waals surface area contributed by atoms with Gasteiger partial charge in [0.1, 0.15) is 5.75 Å². The van der Waals surface area contributed by atoms with E-state index in [2.05, 4.69) is 36.5 Å². The molecule has 0 aliphatic rings. The first-order valence-corrected chi connectivity index (χ1v) is 5.92. The normalized spacial score (nSPS) is 10.1. The maximum Gasteiger partial charge on any atom is 0.142 e. The molecule has 3 N–H and O–H groups in total.